The smallest absolute Gasteiger partial charge is 0.234 e. The monoisotopic (exact) mass is 447 g/mol. The predicted molar refractivity (Wildman–Crippen MR) is 130 cm³/mol. The summed E-state index contributed by atoms with van der Waals surface area (Å²) >= 11 is 3.04. The number of carbonyl (C=O) groups is 1. The molecule has 4 aromatic rings. The average Bonchev–Trinajstić information content (AvgIpc) is 3.28. The van der Waals surface area contributed by atoms with Gasteiger partial charge in [0, 0.05) is 21.5 Å². The Labute approximate surface area is 189 Å². The van der Waals surface area contributed by atoms with E-state index in [0.717, 1.165) is 38.4 Å². The minimum Gasteiger partial charge on any atom is -0.495 e. The van der Waals surface area contributed by atoms with Crippen molar-refractivity contribution in [1.29, 1.82) is 0 Å². The van der Waals surface area contributed by atoms with Gasteiger partial charge in [0.05, 0.1) is 24.2 Å². The third-order valence-electron chi connectivity index (χ3n) is 4.43. The second kappa shape index (κ2) is 10.1. The highest BCUT2D eigenvalue weighted by molar-refractivity contribution is 8.00. The molecule has 3 aromatic carbocycles. The van der Waals surface area contributed by atoms with Crippen LogP contribution in [0.4, 0.5) is 16.5 Å². The predicted octanol–water partition coefficient (Wildman–Crippen LogP) is 6.29. The largest absolute Gasteiger partial charge is 0.495 e. The van der Waals surface area contributed by atoms with Gasteiger partial charge in [-0.2, -0.15) is 0 Å². The summed E-state index contributed by atoms with van der Waals surface area (Å²) in [5.41, 5.74) is 3.50. The van der Waals surface area contributed by atoms with Gasteiger partial charge in [0.25, 0.3) is 0 Å². The maximum absolute atomic E-state index is 12.2. The number of nitrogens with zero attached hydrogens (tertiary/aromatic N) is 1. The van der Waals surface area contributed by atoms with Crippen molar-refractivity contribution in [2.24, 2.45) is 0 Å². The number of hydrogen-bond acceptors (Lipinski definition) is 6. The topological polar surface area (TPSA) is 63.2 Å². The number of aromatic nitrogens is 1. The van der Waals surface area contributed by atoms with Crippen molar-refractivity contribution in [2.45, 2.75) is 4.90 Å². The number of nitrogens with one attached hydrogen (secondary N) is 2. The van der Waals surface area contributed by atoms with Gasteiger partial charge in [-0.3, -0.25) is 4.79 Å². The van der Waals surface area contributed by atoms with Crippen molar-refractivity contribution >= 4 is 45.5 Å². The van der Waals surface area contributed by atoms with Gasteiger partial charge in [-0.1, -0.05) is 42.5 Å². The zero-order chi connectivity index (χ0) is 21.5. The van der Waals surface area contributed by atoms with Crippen LogP contribution < -0.4 is 15.4 Å². The van der Waals surface area contributed by atoms with E-state index in [2.05, 4.69) is 15.6 Å². The second-order valence-electron chi connectivity index (χ2n) is 6.59. The van der Waals surface area contributed by atoms with Crippen molar-refractivity contribution < 1.29 is 9.53 Å². The van der Waals surface area contributed by atoms with Crippen molar-refractivity contribution in [3.05, 3.63) is 84.2 Å². The fourth-order valence-corrected chi connectivity index (χ4v) is 4.37. The van der Waals surface area contributed by atoms with Crippen LogP contribution in [-0.2, 0) is 4.79 Å². The standard InChI is InChI=1S/C24H21N3O2S2/c1-29-22-10-6-5-9-20(22)26-24-27-21(15-31-24)17-11-13-18(14-12-17)25-23(28)16-30-19-7-3-2-4-8-19/h2-15H,16H2,1H3,(H,25,28)(H,26,27). The normalized spacial score (nSPS) is 10.5. The van der Waals surface area contributed by atoms with Crippen molar-refractivity contribution in [3.63, 3.8) is 0 Å². The van der Waals surface area contributed by atoms with E-state index in [4.69, 9.17) is 4.74 Å². The summed E-state index contributed by atoms with van der Waals surface area (Å²) in [5.74, 6) is 1.11. The quantitative estimate of drug-likeness (QED) is 0.311. The summed E-state index contributed by atoms with van der Waals surface area (Å²) in [4.78, 5) is 18.0. The lowest BCUT2D eigenvalue weighted by atomic mass is 10.1. The number of thioether (sulfide) groups is 1. The van der Waals surface area contributed by atoms with Crippen molar-refractivity contribution in [2.75, 3.05) is 23.5 Å². The van der Waals surface area contributed by atoms with Crippen LogP contribution in [0.25, 0.3) is 11.3 Å². The summed E-state index contributed by atoms with van der Waals surface area (Å²) in [6, 6.07) is 25.3. The first-order chi connectivity index (χ1) is 15.2. The molecule has 7 heteroatoms. The molecular formula is C24H21N3O2S2. The Morgan fingerprint density at radius 3 is 2.52 bits per heavy atom. The fraction of sp³-hybridized carbons (Fsp3) is 0.0833. The average molecular weight is 448 g/mol. The molecule has 156 valence electrons. The fourth-order valence-electron chi connectivity index (χ4n) is 2.91. The maximum Gasteiger partial charge on any atom is 0.234 e. The Bertz CT molecular complexity index is 1140. The highest BCUT2D eigenvalue weighted by Gasteiger charge is 2.09. The molecule has 0 saturated carbocycles. The Morgan fingerprint density at radius 2 is 1.74 bits per heavy atom. The van der Waals surface area contributed by atoms with Crippen LogP contribution in [0, 0.1) is 0 Å². The number of amides is 1. The van der Waals surface area contributed by atoms with E-state index < -0.39 is 0 Å². The van der Waals surface area contributed by atoms with Crippen LogP contribution >= 0.6 is 23.1 Å². The molecule has 0 fully saturated rings. The minimum atomic E-state index is -0.0291. The van der Waals surface area contributed by atoms with Gasteiger partial charge in [0.15, 0.2) is 5.13 Å². The number of para-hydroxylation sites is 2. The summed E-state index contributed by atoms with van der Waals surface area (Å²) in [6.07, 6.45) is 0. The van der Waals surface area contributed by atoms with Crippen LogP contribution in [0.3, 0.4) is 0 Å². The molecule has 0 aliphatic heterocycles. The van der Waals surface area contributed by atoms with Gasteiger partial charge >= 0.3 is 0 Å². The molecule has 2 N–H and O–H groups in total. The van der Waals surface area contributed by atoms with E-state index in [9.17, 15) is 4.79 Å². The molecule has 4 rings (SSSR count). The molecule has 1 amide bonds. The molecule has 0 bridgehead atoms. The number of benzene rings is 3. The number of rotatable bonds is 8. The van der Waals surface area contributed by atoms with Gasteiger partial charge in [-0.15, -0.1) is 23.1 Å². The number of anilines is 3. The summed E-state index contributed by atoms with van der Waals surface area (Å²) < 4.78 is 5.37. The number of ether oxygens (including phenoxy) is 1. The highest BCUT2D eigenvalue weighted by Crippen LogP contribution is 2.31. The molecule has 0 spiro atoms. The van der Waals surface area contributed by atoms with Gasteiger partial charge < -0.3 is 15.4 Å². The third kappa shape index (κ3) is 5.65. The first-order valence-corrected chi connectivity index (χ1v) is 11.5. The SMILES string of the molecule is COc1ccccc1Nc1nc(-c2ccc(NC(=O)CSc3ccccc3)cc2)cs1. The number of methoxy groups -OCH3 is 1. The van der Waals surface area contributed by atoms with Crippen molar-refractivity contribution in [3.8, 4) is 17.0 Å². The molecule has 0 aliphatic carbocycles. The van der Waals surface area contributed by atoms with E-state index in [1.165, 1.54) is 23.1 Å². The molecular weight excluding hydrogens is 426 g/mol. The molecule has 0 aliphatic rings. The molecule has 31 heavy (non-hydrogen) atoms. The van der Waals surface area contributed by atoms with Crippen LogP contribution in [0.5, 0.6) is 5.75 Å². The first-order valence-electron chi connectivity index (χ1n) is 9.65. The zero-order valence-electron chi connectivity index (χ0n) is 16.9. The van der Waals surface area contributed by atoms with Crippen LogP contribution in [-0.4, -0.2) is 23.8 Å². The first kappa shape index (κ1) is 21.0. The highest BCUT2D eigenvalue weighted by atomic mass is 32.2. The van der Waals surface area contributed by atoms with Gasteiger partial charge in [0.2, 0.25) is 5.91 Å². The molecule has 0 radical (unpaired) electrons. The van der Waals surface area contributed by atoms with Crippen LogP contribution in [0.1, 0.15) is 0 Å². The van der Waals surface area contributed by atoms with E-state index in [0.29, 0.717) is 5.75 Å². The molecule has 1 aromatic heterocycles. The summed E-state index contributed by atoms with van der Waals surface area (Å²) in [5, 5.41) is 9.03. The molecule has 0 saturated heterocycles. The Morgan fingerprint density at radius 1 is 1.00 bits per heavy atom. The Balaban J connectivity index is 1.35. The zero-order valence-corrected chi connectivity index (χ0v) is 18.5. The number of carbonyl (C=O) groups excluding carboxylic acids is 1. The van der Waals surface area contributed by atoms with Crippen LogP contribution in [0.2, 0.25) is 0 Å². The molecule has 0 atom stereocenters. The van der Waals surface area contributed by atoms with Crippen molar-refractivity contribution in [1.82, 2.24) is 4.98 Å². The molecule has 5 nitrogen and oxygen atoms in total. The lowest BCUT2D eigenvalue weighted by molar-refractivity contribution is -0.113. The van der Waals surface area contributed by atoms with Gasteiger partial charge in [-0.05, 0) is 36.4 Å². The lowest BCUT2D eigenvalue weighted by Gasteiger charge is -2.08. The van der Waals surface area contributed by atoms with Crippen LogP contribution in [0.15, 0.2) is 89.1 Å². The Kier molecular flexibility index (Phi) is 6.86. The second-order valence-corrected chi connectivity index (χ2v) is 8.50. The van der Waals surface area contributed by atoms with Gasteiger partial charge in [-0.25, -0.2) is 4.98 Å². The lowest BCUT2D eigenvalue weighted by Crippen LogP contribution is -2.13. The Hall–Kier alpha value is -3.29. The van der Waals surface area contributed by atoms with Gasteiger partial charge in [0.1, 0.15) is 5.75 Å². The molecule has 1 heterocycles. The maximum atomic E-state index is 12.2. The summed E-state index contributed by atoms with van der Waals surface area (Å²) in [7, 11) is 1.65. The van der Waals surface area contributed by atoms with E-state index in [1.54, 1.807) is 7.11 Å². The minimum absolute atomic E-state index is 0.0291. The third-order valence-corrected chi connectivity index (χ3v) is 6.20. The summed E-state index contributed by atoms with van der Waals surface area (Å²) in [6.45, 7) is 0. The molecule has 0 unspecified atom stereocenters. The van der Waals surface area contributed by atoms with E-state index in [-0.39, 0.29) is 5.91 Å². The van der Waals surface area contributed by atoms with E-state index in [1.807, 2.05) is 84.2 Å². The number of thiazole rings is 1. The van der Waals surface area contributed by atoms with E-state index >= 15 is 0 Å². The number of hydrogen-bond donors (Lipinski definition) is 2.